The highest BCUT2D eigenvalue weighted by molar-refractivity contribution is 5.93. The van der Waals surface area contributed by atoms with Crippen molar-refractivity contribution in [3.63, 3.8) is 0 Å². The van der Waals surface area contributed by atoms with Crippen molar-refractivity contribution in [3.8, 4) is 17.0 Å². The van der Waals surface area contributed by atoms with E-state index in [-0.39, 0.29) is 11.9 Å². The minimum atomic E-state index is -0.106. The van der Waals surface area contributed by atoms with Crippen LogP contribution in [-0.2, 0) is 0 Å². The van der Waals surface area contributed by atoms with Crippen molar-refractivity contribution in [1.82, 2.24) is 25.3 Å². The largest absolute Gasteiger partial charge is 0.497 e. The Hall–Kier alpha value is -3.09. The normalized spacial score (nSPS) is 19.4. The fourth-order valence-electron chi connectivity index (χ4n) is 3.73. The van der Waals surface area contributed by atoms with Gasteiger partial charge >= 0.3 is 0 Å². The second-order valence-electron chi connectivity index (χ2n) is 7.37. The molecule has 2 N–H and O–H groups in total. The van der Waals surface area contributed by atoms with Gasteiger partial charge in [0.1, 0.15) is 11.4 Å². The molecule has 7 heteroatoms. The highest BCUT2D eigenvalue weighted by Gasteiger charge is 2.24. The molecule has 1 fully saturated rings. The van der Waals surface area contributed by atoms with Crippen LogP contribution < -0.4 is 10.1 Å². The SMILES string of the molecule is COc1ccc(-c2cc(C(=O)NC3CCC(n4cc(C)cn4)CC3)[nH]n2)cc1. The Kier molecular flexibility index (Phi) is 5.14. The summed E-state index contributed by atoms with van der Waals surface area (Å²) in [5.74, 6) is 0.684. The van der Waals surface area contributed by atoms with Crippen molar-refractivity contribution in [2.24, 2.45) is 0 Å². The van der Waals surface area contributed by atoms with Crippen molar-refractivity contribution in [2.45, 2.75) is 44.7 Å². The molecular formula is C21H25N5O2. The van der Waals surface area contributed by atoms with Crippen LogP contribution in [0.25, 0.3) is 11.3 Å². The van der Waals surface area contributed by atoms with Gasteiger partial charge in [0.05, 0.1) is 25.0 Å². The van der Waals surface area contributed by atoms with Crippen LogP contribution >= 0.6 is 0 Å². The van der Waals surface area contributed by atoms with Gasteiger partial charge in [0.15, 0.2) is 0 Å². The first kappa shape index (κ1) is 18.3. The van der Waals surface area contributed by atoms with Gasteiger partial charge < -0.3 is 10.1 Å². The van der Waals surface area contributed by atoms with E-state index in [0.717, 1.165) is 42.7 Å². The summed E-state index contributed by atoms with van der Waals surface area (Å²) in [6.07, 6.45) is 7.93. The summed E-state index contributed by atoms with van der Waals surface area (Å²) in [6, 6.07) is 10.0. The lowest BCUT2D eigenvalue weighted by molar-refractivity contribution is 0.0916. The number of amides is 1. The van der Waals surface area contributed by atoms with Crippen molar-refractivity contribution >= 4 is 5.91 Å². The van der Waals surface area contributed by atoms with Gasteiger partial charge in [0.2, 0.25) is 0 Å². The molecule has 1 aliphatic rings. The van der Waals surface area contributed by atoms with Gasteiger partial charge in [-0.05, 0) is 68.5 Å². The Balaban J connectivity index is 1.33. The number of rotatable bonds is 5. The second-order valence-corrected chi connectivity index (χ2v) is 7.37. The number of ether oxygens (including phenoxy) is 1. The lowest BCUT2D eigenvalue weighted by Gasteiger charge is -2.29. The minimum absolute atomic E-state index is 0.106. The number of hydrogen-bond acceptors (Lipinski definition) is 4. The maximum absolute atomic E-state index is 12.6. The molecule has 0 radical (unpaired) electrons. The van der Waals surface area contributed by atoms with Crippen LogP contribution in [0.1, 0.15) is 47.8 Å². The number of aryl methyl sites for hydroxylation is 1. The predicted molar refractivity (Wildman–Crippen MR) is 106 cm³/mol. The van der Waals surface area contributed by atoms with Crippen LogP contribution in [0.3, 0.4) is 0 Å². The Labute approximate surface area is 164 Å². The highest BCUT2D eigenvalue weighted by atomic mass is 16.5. The summed E-state index contributed by atoms with van der Waals surface area (Å²) < 4.78 is 7.23. The smallest absolute Gasteiger partial charge is 0.269 e. The van der Waals surface area contributed by atoms with E-state index in [0.29, 0.717) is 11.7 Å². The molecule has 0 aliphatic heterocycles. The number of hydrogen-bond donors (Lipinski definition) is 2. The van der Waals surface area contributed by atoms with E-state index in [2.05, 4.69) is 38.4 Å². The summed E-state index contributed by atoms with van der Waals surface area (Å²) in [5.41, 5.74) is 3.34. The Morgan fingerprint density at radius 3 is 2.61 bits per heavy atom. The van der Waals surface area contributed by atoms with Gasteiger partial charge in [-0.25, -0.2) is 0 Å². The monoisotopic (exact) mass is 379 g/mol. The van der Waals surface area contributed by atoms with Gasteiger partial charge in [-0.3, -0.25) is 14.6 Å². The number of H-pyrrole nitrogens is 1. The second kappa shape index (κ2) is 7.88. The molecule has 0 bridgehead atoms. The molecule has 146 valence electrons. The first-order valence-electron chi connectivity index (χ1n) is 9.64. The summed E-state index contributed by atoms with van der Waals surface area (Å²) in [6.45, 7) is 2.06. The fourth-order valence-corrected chi connectivity index (χ4v) is 3.73. The number of aromatic amines is 1. The number of methoxy groups -OCH3 is 1. The van der Waals surface area contributed by atoms with Crippen LogP contribution in [0, 0.1) is 6.92 Å². The molecule has 28 heavy (non-hydrogen) atoms. The molecule has 1 saturated carbocycles. The topological polar surface area (TPSA) is 84.8 Å². The molecule has 7 nitrogen and oxygen atoms in total. The Morgan fingerprint density at radius 2 is 1.96 bits per heavy atom. The maximum atomic E-state index is 12.6. The van der Waals surface area contributed by atoms with Gasteiger partial charge in [-0.15, -0.1) is 0 Å². The van der Waals surface area contributed by atoms with Gasteiger partial charge in [-0.2, -0.15) is 10.2 Å². The van der Waals surface area contributed by atoms with Crippen LogP contribution in [0.5, 0.6) is 5.75 Å². The van der Waals surface area contributed by atoms with Crippen LogP contribution in [-0.4, -0.2) is 39.0 Å². The molecule has 2 heterocycles. The maximum Gasteiger partial charge on any atom is 0.269 e. The molecular weight excluding hydrogens is 354 g/mol. The van der Waals surface area contributed by atoms with Crippen molar-refractivity contribution in [1.29, 1.82) is 0 Å². The molecule has 0 saturated heterocycles. The third-order valence-corrected chi connectivity index (χ3v) is 5.34. The number of benzene rings is 1. The zero-order valence-electron chi connectivity index (χ0n) is 16.2. The zero-order chi connectivity index (χ0) is 19.5. The average Bonchev–Trinajstić information content (AvgIpc) is 3.38. The molecule has 3 aromatic rings. The zero-order valence-corrected chi connectivity index (χ0v) is 16.2. The number of nitrogens with zero attached hydrogens (tertiary/aromatic N) is 3. The number of carbonyl (C=O) groups excluding carboxylic acids is 1. The molecule has 0 atom stereocenters. The fraction of sp³-hybridized carbons (Fsp3) is 0.381. The standard InChI is InChI=1S/C21H25N5O2/c1-14-12-22-26(13-14)17-7-5-16(6-8-17)23-21(27)20-11-19(24-25-20)15-3-9-18(28-2)10-4-15/h3-4,9-13,16-17H,5-8H2,1-2H3,(H,23,27)(H,24,25). The van der Waals surface area contributed by atoms with Gasteiger partial charge in [0.25, 0.3) is 5.91 Å². The molecule has 1 aliphatic carbocycles. The van der Waals surface area contributed by atoms with Gasteiger partial charge in [0, 0.05) is 17.8 Å². The summed E-state index contributed by atoms with van der Waals surface area (Å²) in [7, 11) is 1.63. The van der Waals surface area contributed by atoms with E-state index in [1.165, 1.54) is 5.56 Å². The predicted octanol–water partition coefficient (Wildman–Crippen LogP) is 3.50. The van der Waals surface area contributed by atoms with E-state index in [1.54, 1.807) is 13.2 Å². The third-order valence-electron chi connectivity index (χ3n) is 5.34. The van der Waals surface area contributed by atoms with E-state index >= 15 is 0 Å². The highest BCUT2D eigenvalue weighted by Crippen LogP contribution is 2.28. The first-order chi connectivity index (χ1) is 13.6. The third kappa shape index (κ3) is 3.93. The van der Waals surface area contributed by atoms with Crippen molar-refractivity contribution < 1.29 is 9.53 Å². The van der Waals surface area contributed by atoms with Crippen molar-refractivity contribution in [3.05, 3.63) is 54.0 Å². The summed E-state index contributed by atoms with van der Waals surface area (Å²) >= 11 is 0. The number of aromatic nitrogens is 4. The van der Waals surface area contributed by atoms with Crippen molar-refractivity contribution in [2.75, 3.05) is 7.11 Å². The molecule has 2 aromatic heterocycles. The molecule has 4 rings (SSSR count). The Morgan fingerprint density at radius 1 is 1.21 bits per heavy atom. The van der Waals surface area contributed by atoms with Gasteiger partial charge in [-0.1, -0.05) is 0 Å². The molecule has 1 aromatic carbocycles. The van der Waals surface area contributed by atoms with E-state index < -0.39 is 0 Å². The summed E-state index contributed by atoms with van der Waals surface area (Å²) in [5, 5.41) is 14.7. The summed E-state index contributed by atoms with van der Waals surface area (Å²) in [4.78, 5) is 12.6. The molecule has 0 spiro atoms. The Bertz CT molecular complexity index is 936. The molecule has 1 amide bonds. The lowest BCUT2D eigenvalue weighted by atomic mass is 9.91. The quantitative estimate of drug-likeness (QED) is 0.710. The van der Waals surface area contributed by atoms with E-state index in [4.69, 9.17) is 4.74 Å². The number of carbonyl (C=O) groups is 1. The average molecular weight is 379 g/mol. The van der Waals surface area contributed by atoms with Crippen LogP contribution in [0.4, 0.5) is 0 Å². The van der Waals surface area contributed by atoms with Crippen LogP contribution in [0.2, 0.25) is 0 Å². The van der Waals surface area contributed by atoms with E-state index in [9.17, 15) is 4.79 Å². The van der Waals surface area contributed by atoms with Crippen LogP contribution in [0.15, 0.2) is 42.7 Å². The number of nitrogens with one attached hydrogen (secondary N) is 2. The molecule has 0 unspecified atom stereocenters. The van der Waals surface area contributed by atoms with E-state index in [1.807, 2.05) is 30.5 Å². The minimum Gasteiger partial charge on any atom is -0.497 e. The lowest BCUT2D eigenvalue weighted by Crippen LogP contribution is -2.38. The first-order valence-corrected chi connectivity index (χ1v) is 9.64.